The molecule has 0 aliphatic carbocycles. The fourth-order valence-corrected chi connectivity index (χ4v) is 2.13. The molecule has 21 heavy (non-hydrogen) atoms. The lowest BCUT2D eigenvalue weighted by Crippen LogP contribution is -2.28. The number of nitrogens with zero attached hydrogens (tertiary/aromatic N) is 1. The van der Waals surface area contributed by atoms with Crippen LogP contribution in [-0.4, -0.2) is 30.2 Å². The van der Waals surface area contributed by atoms with Crippen LogP contribution in [0, 0.1) is 0 Å². The Morgan fingerprint density at radius 3 is 2.43 bits per heavy atom. The summed E-state index contributed by atoms with van der Waals surface area (Å²) in [5.41, 5.74) is 6.63. The molecule has 2 rings (SSSR count). The van der Waals surface area contributed by atoms with E-state index in [-0.39, 0.29) is 11.9 Å². The summed E-state index contributed by atoms with van der Waals surface area (Å²) in [6.45, 7) is 5.94. The summed E-state index contributed by atoms with van der Waals surface area (Å²) >= 11 is 0. The van der Waals surface area contributed by atoms with E-state index in [1.807, 2.05) is 0 Å². The average Bonchev–Trinajstić information content (AvgIpc) is 2.67. The maximum atomic E-state index is 11.8. The largest absolute Gasteiger partial charge is 0.444 e. The highest BCUT2D eigenvalue weighted by atomic mass is 16.6. The Kier molecular flexibility index (Phi) is 4.18. The zero-order chi connectivity index (χ0) is 15.6. The number of amides is 2. The van der Waals surface area contributed by atoms with Gasteiger partial charge in [0.2, 0.25) is 5.91 Å². The van der Waals surface area contributed by atoms with Gasteiger partial charge in [-0.3, -0.25) is 10.1 Å². The minimum atomic E-state index is -0.540. The topological polar surface area (TPSA) is 84.7 Å². The van der Waals surface area contributed by atoms with Crippen molar-refractivity contribution >= 4 is 23.4 Å². The lowest BCUT2D eigenvalue weighted by atomic mass is 10.2. The molecule has 1 unspecified atom stereocenters. The summed E-state index contributed by atoms with van der Waals surface area (Å²) in [4.78, 5) is 25.1. The van der Waals surface area contributed by atoms with Crippen LogP contribution < -0.4 is 16.0 Å². The predicted octanol–water partition coefficient (Wildman–Crippen LogP) is 2.10. The van der Waals surface area contributed by atoms with Gasteiger partial charge in [0, 0.05) is 30.4 Å². The van der Waals surface area contributed by atoms with Crippen LogP contribution >= 0.6 is 0 Å². The first-order valence-electron chi connectivity index (χ1n) is 6.90. The minimum absolute atomic E-state index is 0.0235. The van der Waals surface area contributed by atoms with Crippen molar-refractivity contribution in [2.75, 3.05) is 16.8 Å². The summed E-state index contributed by atoms with van der Waals surface area (Å²) in [7, 11) is 0. The van der Waals surface area contributed by atoms with Crippen LogP contribution in [-0.2, 0) is 9.53 Å². The maximum absolute atomic E-state index is 11.8. The van der Waals surface area contributed by atoms with Gasteiger partial charge in [-0.2, -0.15) is 0 Å². The van der Waals surface area contributed by atoms with Gasteiger partial charge >= 0.3 is 6.09 Å². The van der Waals surface area contributed by atoms with Gasteiger partial charge in [0.15, 0.2) is 0 Å². The lowest BCUT2D eigenvalue weighted by molar-refractivity contribution is -0.117. The average molecular weight is 291 g/mol. The molecule has 1 aromatic rings. The van der Waals surface area contributed by atoms with Gasteiger partial charge in [0.1, 0.15) is 5.60 Å². The molecule has 1 aliphatic rings. The number of rotatable bonds is 2. The summed E-state index contributed by atoms with van der Waals surface area (Å²) in [6, 6.07) is 6.91. The molecule has 0 aromatic heterocycles. The van der Waals surface area contributed by atoms with Gasteiger partial charge in [-0.05, 0) is 45.0 Å². The van der Waals surface area contributed by atoms with E-state index in [1.54, 1.807) is 49.9 Å². The number of hydrogen-bond donors (Lipinski definition) is 2. The summed E-state index contributed by atoms with van der Waals surface area (Å²) in [5.74, 6) is 0.0235. The van der Waals surface area contributed by atoms with E-state index in [0.717, 1.165) is 5.69 Å². The molecule has 114 valence electrons. The second kappa shape index (κ2) is 5.73. The smallest absolute Gasteiger partial charge is 0.412 e. The summed E-state index contributed by atoms with van der Waals surface area (Å²) in [5, 5.41) is 2.65. The third-order valence-corrected chi connectivity index (χ3v) is 2.98. The van der Waals surface area contributed by atoms with E-state index in [0.29, 0.717) is 18.7 Å². The van der Waals surface area contributed by atoms with Crippen LogP contribution in [0.25, 0.3) is 0 Å². The number of ether oxygens (including phenoxy) is 1. The number of hydrogen-bond acceptors (Lipinski definition) is 4. The number of nitrogens with two attached hydrogens (primary N) is 1. The summed E-state index contributed by atoms with van der Waals surface area (Å²) in [6.07, 6.45) is -0.132. The molecule has 6 nitrogen and oxygen atoms in total. The molecule has 2 amide bonds. The van der Waals surface area contributed by atoms with Gasteiger partial charge in [-0.1, -0.05) is 0 Å². The Hall–Kier alpha value is -2.08. The lowest BCUT2D eigenvalue weighted by Gasteiger charge is -2.20. The van der Waals surface area contributed by atoms with Crippen LogP contribution in [0.3, 0.4) is 0 Å². The highest BCUT2D eigenvalue weighted by Crippen LogP contribution is 2.23. The molecule has 3 N–H and O–H groups in total. The first kappa shape index (κ1) is 15.3. The number of carbonyl (C=O) groups excluding carboxylic acids is 2. The van der Waals surface area contributed by atoms with Crippen molar-refractivity contribution in [3.8, 4) is 0 Å². The first-order chi connectivity index (χ1) is 9.74. The molecule has 1 fully saturated rings. The molecular formula is C15H21N3O3. The Labute approximate surface area is 124 Å². The van der Waals surface area contributed by atoms with Gasteiger partial charge in [0.05, 0.1) is 0 Å². The highest BCUT2D eigenvalue weighted by Gasteiger charge is 2.27. The second-order valence-corrected chi connectivity index (χ2v) is 6.14. The molecule has 0 radical (unpaired) electrons. The van der Waals surface area contributed by atoms with Gasteiger partial charge in [-0.25, -0.2) is 4.79 Å². The Morgan fingerprint density at radius 1 is 1.33 bits per heavy atom. The SMILES string of the molecule is CC(C)(C)OC(=O)Nc1ccc(N2CC(N)CC2=O)cc1. The number of anilines is 2. The van der Waals surface area contributed by atoms with E-state index >= 15 is 0 Å². The predicted molar refractivity (Wildman–Crippen MR) is 81.2 cm³/mol. The van der Waals surface area contributed by atoms with Crippen LogP contribution in [0.4, 0.5) is 16.2 Å². The maximum Gasteiger partial charge on any atom is 0.412 e. The van der Waals surface area contributed by atoms with E-state index in [9.17, 15) is 9.59 Å². The normalized spacial score (nSPS) is 18.8. The van der Waals surface area contributed by atoms with E-state index in [2.05, 4.69) is 5.32 Å². The zero-order valence-corrected chi connectivity index (χ0v) is 12.6. The third kappa shape index (κ3) is 4.19. The molecular weight excluding hydrogens is 270 g/mol. The Balaban J connectivity index is 1.99. The number of carbonyl (C=O) groups is 2. The van der Waals surface area contributed by atoms with E-state index in [4.69, 9.17) is 10.5 Å². The van der Waals surface area contributed by atoms with Gasteiger partial charge in [-0.15, -0.1) is 0 Å². The molecule has 0 saturated carbocycles. The number of benzene rings is 1. The van der Waals surface area contributed by atoms with E-state index < -0.39 is 11.7 Å². The Bertz CT molecular complexity index is 534. The second-order valence-electron chi connectivity index (χ2n) is 6.14. The van der Waals surface area contributed by atoms with Crippen LogP contribution in [0.5, 0.6) is 0 Å². The van der Waals surface area contributed by atoms with Crippen molar-refractivity contribution in [2.45, 2.75) is 38.8 Å². The monoisotopic (exact) mass is 291 g/mol. The van der Waals surface area contributed by atoms with Crippen molar-refractivity contribution in [2.24, 2.45) is 5.73 Å². The fourth-order valence-electron chi connectivity index (χ4n) is 2.13. The van der Waals surface area contributed by atoms with Crippen LogP contribution in [0.15, 0.2) is 24.3 Å². The molecule has 0 spiro atoms. The molecule has 1 heterocycles. The highest BCUT2D eigenvalue weighted by molar-refractivity contribution is 5.96. The standard InChI is InChI=1S/C15H21N3O3/c1-15(2,3)21-14(20)17-11-4-6-12(7-5-11)18-9-10(16)8-13(18)19/h4-7,10H,8-9,16H2,1-3H3,(H,17,20). The van der Waals surface area contributed by atoms with Crippen molar-refractivity contribution in [1.29, 1.82) is 0 Å². The molecule has 1 atom stereocenters. The molecule has 6 heteroatoms. The third-order valence-electron chi connectivity index (χ3n) is 2.98. The Morgan fingerprint density at radius 2 is 1.95 bits per heavy atom. The van der Waals surface area contributed by atoms with Crippen molar-refractivity contribution in [1.82, 2.24) is 0 Å². The van der Waals surface area contributed by atoms with Crippen LogP contribution in [0.1, 0.15) is 27.2 Å². The van der Waals surface area contributed by atoms with Crippen molar-refractivity contribution in [3.63, 3.8) is 0 Å². The fraction of sp³-hybridized carbons (Fsp3) is 0.467. The van der Waals surface area contributed by atoms with Crippen molar-refractivity contribution < 1.29 is 14.3 Å². The quantitative estimate of drug-likeness (QED) is 0.874. The zero-order valence-electron chi connectivity index (χ0n) is 12.6. The molecule has 1 aliphatic heterocycles. The van der Waals surface area contributed by atoms with Gasteiger partial charge < -0.3 is 15.4 Å². The molecule has 0 bridgehead atoms. The molecule has 1 aromatic carbocycles. The summed E-state index contributed by atoms with van der Waals surface area (Å²) < 4.78 is 5.17. The van der Waals surface area contributed by atoms with Crippen molar-refractivity contribution in [3.05, 3.63) is 24.3 Å². The van der Waals surface area contributed by atoms with Gasteiger partial charge in [0.25, 0.3) is 0 Å². The first-order valence-corrected chi connectivity index (χ1v) is 6.90. The van der Waals surface area contributed by atoms with Crippen LogP contribution in [0.2, 0.25) is 0 Å². The number of nitrogens with one attached hydrogen (secondary N) is 1. The minimum Gasteiger partial charge on any atom is -0.444 e. The van der Waals surface area contributed by atoms with E-state index in [1.165, 1.54) is 0 Å². The molecule has 1 saturated heterocycles.